The van der Waals surface area contributed by atoms with Crippen LogP contribution in [0.1, 0.15) is 22.0 Å². The number of hydrogen-bond acceptors (Lipinski definition) is 3. The summed E-state index contributed by atoms with van der Waals surface area (Å²) in [7, 11) is 1.50. The number of rotatable bonds is 3. The lowest BCUT2D eigenvalue weighted by atomic mass is 10.0. The summed E-state index contributed by atoms with van der Waals surface area (Å²) in [6, 6.07) is 6.05. The average molecular weight is 286 g/mol. The fourth-order valence-electron chi connectivity index (χ4n) is 1.68. The minimum atomic E-state index is -0.507. The van der Waals surface area contributed by atoms with E-state index in [2.05, 4.69) is 0 Å². The zero-order valence-corrected chi connectivity index (χ0v) is 11.6. The van der Waals surface area contributed by atoms with Crippen molar-refractivity contribution in [2.24, 2.45) is 5.73 Å². The number of nitrogens with two attached hydrogens (primary N) is 1. The SMILES string of the molecule is COc1ccc(C(N)c2cc(C)c(Cl)s2)c(F)c1. The summed E-state index contributed by atoms with van der Waals surface area (Å²) in [6.07, 6.45) is 0. The summed E-state index contributed by atoms with van der Waals surface area (Å²) in [4.78, 5) is 0.849. The van der Waals surface area contributed by atoms with Gasteiger partial charge in [-0.3, -0.25) is 0 Å². The quantitative estimate of drug-likeness (QED) is 0.928. The van der Waals surface area contributed by atoms with Crippen LogP contribution in [0.3, 0.4) is 0 Å². The molecule has 96 valence electrons. The Labute approximate surface area is 114 Å². The second kappa shape index (κ2) is 5.26. The smallest absolute Gasteiger partial charge is 0.132 e. The topological polar surface area (TPSA) is 35.2 Å². The van der Waals surface area contributed by atoms with Crippen LogP contribution in [0.5, 0.6) is 5.75 Å². The zero-order valence-electron chi connectivity index (χ0n) is 10.0. The number of ether oxygens (including phenoxy) is 1. The third kappa shape index (κ3) is 2.51. The molecule has 0 bridgehead atoms. The van der Waals surface area contributed by atoms with Gasteiger partial charge in [-0.25, -0.2) is 4.39 Å². The van der Waals surface area contributed by atoms with Gasteiger partial charge in [0.1, 0.15) is 11.6 Å². The molecule has 5 heteroatoms. The number of hydrogen-bond donors (Lipinski definition) is 1. The molecule has 0 saturated carbocycles. The van der Waals surface area contributed by atoms with E-state index in [1.54, 1.807) is 12.1 Å². The van der Waals surface area contributed by atoms with Gasteiger partial charge in [0.15, 0.2) is 0 Å². The van der Waals surface area contributed by atoms with Crippen molar-refractivity contribution < 1.29 is 9.13 Å². The Bertz CT molecular complexity index is 551. The predicted molar refractivity (Wildman–Crippen MR) is 73.0 cm³/mol. The molecule has 2 nitrogen and oxygen atoms in total. The lowest BCUT2D eigenvalue weighted by Crippen LogP contribution is -2.12. The third-order valence-electron chi connectivity index (χ3n) is 2.73. The van der Waals surface area contributed by atoms with Crippen LogP contribution < -0.4 is 10.5 Å². The summed E-state index contributed by atoms with van der Waals surface area (Å²) < 4.78 is 19.5. The Morgan fingerprint density at radius 1 is 1.39 bits per heavy atom. The number of aryl methyl sites for hydroxylation is 1. The number of thiophene rings is 1. The van der Waals surface area contributed by atoms with Crippen molar-refractivity contribution in [1.29, 1.82) is 0 Å². The van der Waals surface area contributed by atoms with Crippen molar-refractivity contribution >= 4 is 22.9 Å². The van der Waals surface area contributed by atoms with Crippen LogP contribution >= 0.6 is 22.9 Å². The molecule has 2 N–H and O–H groups in total. The zero-order chi connectivity index (χ0) is 13.3. The molecule has 2 aromatic rings. The first kappa shape index (κ1) is 13.3. The first-order chi connectivity index (χ1) is 8.52. The van der Waals surface area contributed by atoms with Gasteiger partial charge in [-0.2, -0.15) is 0 Å². The van der Waals surface area contributed by atoms with E-state index < -0.39 is 6.04 Å². The van der Waals surface area contributed by atoms with Crippen LogP contribution in [0, 0.1) is 12.7 Å². The molecule has 0 amide bonds. The standard InChI is InChI=1S/C13H13ClFNOS/c1-7-5-11(18-13(7)14)12(16)9-4-3-8(17-2)6-10(9)15/h3-6,12H,16H2,1-2H3. The van der Waals surface area contributed by atoms with Gasteiger partial charge in [-0.15, -0.1) is 11.3 Å². The van der Waals surface area contributed by atoms with Gasteiger partial charge >= 0.3 is 0 Å². The first-order valence-electron chi connectivity index (χ1n) is 5.37. The molecule has 18 heavy (non-hydrogen) atoms. The highest BCUT2D eigenvalue weighted by Gasteiger charge is 2.17. The molecule has 0 fully saturated rings. The van der Waals surface area contributed by atoms with Crippen LogP contribution in [0.4, 0.5) is 4.39 Å². The number of methoxy groups -OCH3 is 1. The Balaban J connectivity index is 2.36. The van der Waals surface area contributed by atoms with Crippen LogP contribution in [0.2, 0.25) is 4.34 Å². The highest BCUT2D eigenvalue weighted by molar-refractivity contribution is 7.16. The third-order valence-corrected chi connectivity index (χ3v) is 4.36. The second-order valence-corrected chi connectivity index (χ2v) is 5.66. The molecule has 2 rings (SSSR count). The molecule has 1 aromatic heterocycles. The van der Waals surface area contributed by atoms with Gasteiger partial charge in [-0.1, -0.05) is 17.7 Å². The van der Waals surface area contributed by atoms with E-state index in [4.69, 9.17) is 22.1 Å². The van der Waals surface area contributed by atoms with Crippen molar-refractivity contribution in [3.63, 3.8) is 0 Å². The summed E-state index contributed by atoms with van der Waals surface area (Å²) in [5, 5.41) is 0. The Kier molecular flexibility index (Phi) is 3.90. The minimum absolute atomic E-state index is 0.371. The summed E-state index contributed by atoms with van der Waals surface area (Å²) >= 11 is 7.38. The monoisotopic (exact) mass is 285 g/mol. The molecule has 0 spiro atoms. The van der Waals surface area contributed by atoms with Crippen molar-refractivity contribution in [2.45, 2.75) is 13.0 Å². The number of halogens is 2. The van der Waals surface area contributed by atoms with E-state index in [1.807, 2.05) is 13.0 Å². The van der Waals surface area contributed by atoms with Crippen LogP contribution in [0.25, 0.3) is 0 Å². The first-order valence-corrected chi connectivity index (χ1v) is 6.57. The van der Waals surface area contributed by atoms with Crippen LogP contribution in [-0.2, 0) is 0 Å². The van der Waals surface area contributed by atoms with E-state index >= 15 is 0 Å². The van der Waals surface area contributed by atoms with E-state index in [0.29, 0.717) is 15.6 Å². The largest absolute Gasteiger partial charge is 0.497 e. The minimum Gasteiger partial charge on any atom is -0.497 e. The van der Waals surface area contributed by atoms with E-state index in [1.165, 1.54) is 24.5 Å². The molecule has 1 atom stereocenters. The van der Waals surface area contributed by atoms with Gasteiger partial charge in [0.05, 0.1) is 17.5 Å². The fraction of sp³-hybridized carbons (Fsp3) is 0.231. The summed E-state index contributed by atoms with van der Waals surface area (Å²) in [6.45, 7) is 1.90. The lowest BCUT2D eigenvalue weighted by molar-refractivity contribution is 0.410. The summed E-state index contributed by atoms with van der Waals surface area (Å²) in [5.74, 6) is 0.105. The van der Waals surface area contributed by atoms with Crippen LogP contribution in [-0.4, -0.2) is 7.11 Å². The molecule has 1 aromatic carbocycles. The van der Waals surface area contributed by atoms with Gasteiger partial charge in [0.25, 0.3) is 0 Å². The highest BCUT2D eigenvalue weighted by atomic mass is 35.5. The van der Waals surface area contributed by atoms with Crippen molar-refractivity contribution in [3.05, 3.63) is 50.4 Å². The van der Waals surface area contributed by atoms with Crippen molar-refractivity contribution in [2.75, 3.05) is 7.11 Å². The molecule has 1 unspecified atom stereocenters. The van der Waals surface area contributed by atoms with Gasteiger partial charge in [-0.05, 0) is 24.6 Å². The fourth-order valence-corrected chi connectivity index (χ4v) is 2.92. The Morgan fingerprint density at radius 2 is 2.11 bits per heavy atom. The second-order valence-electron chi connectivity index (χ2n) is 3.97. The van der Waals surface area contributed by atoms with E-state index in [-0.39, 0.29) is 5.82 Å². The molecule has 0 saturated heterocycles. The maximum absolute atomic E-state index is 13.9. The van der Waals surface area contributed by atoms with E-state index in [0.717, 1.165) is 10.4 Å². The molecular formula is C13H13ClFNOS. The maximum atomic E-state index is 13.9. The van der Waals surface area contributed by atoms with E-state index in [9.17, 15) is 4.39 Å². The van der Waals surface area contributed by atoms with Crippen molar-refractivity contribution in [1.82, 2.24) is 0 Å². The van der Waals surface area contributed by atoms with Gasteiger partial charge < -0.3 is 10.5 Å². The Morgan fingerprint density at radius 3 is 2.61 bits per heavy atom. The molecule has 1 heterocycles. The predicted octanol–water partition coefficient (Wildman–Crippen LogP) is 3.91. The Hall–Kier alpha value is -1.10. The maximum Gasteiger partial charge on any atom is 0.132 e. The molecule has 0 aliphatic heterocycles. The van der Waals surface area contributed by atoms with Crippen LogP contribution in [0.15, 0.2) is 24.3 Å². The van der Waals surface area contributed by atoms with Crippen molar-refractivity contribution in [3.8, 4) is 5.75 Å². The molecule has 0 aliphatic rings. The lowest BCUT2D eigenvalue weighted by Gasteiger charge is -2.12. The normalized spacial score (nSPS) is 12.5. The molecular weight excluding hydrogens is 273 g/mol. The molecule has 0 radical (unpaired) electrons. The number of benzene rings is 1. The summed E-state index contributed by atoms with van der Waals surface area (Å²) in [5.41, 5.74) is 7.46. The van der Waals surface area contributed by atoms with Gasteiger partial charge in [0, 0.05) is 16.5 Å². The molecule has 0 aliphatic carbocycles. The average Bonchev–Trinajstić information content (AvgIpc) is 2.68. The highest BCUT2D eigenvalue weighted by Crippen LogP contribution is 2.34. The van der Waals surface area contributed by atoms with Gasteiger partial charge in [0.2, 0.25) is 0 Å².